The summed E-state index contributed by atoms with van der Waals surface area (Å²) in [4.78, 5) is 7.30. The molecule has 2 atom stereocenters. The lowest BCUT2D eigenvalue weighted by molar-refractivity contribution is 0.185. The zero-order valence-electron chi connectivity index (χ0n) is 16.4. The van der Waals surface area contributed by atoms with Crippen molar-refractivity contribution >= 4 is 5.96 Å². The summed E-state index contributed by atoms with van der Waals surface area (Å²) in [6.07, 6.45) is 0. The van der Waals surface area contributed by atoms with Crippen LogP contribution in [0.2, 0.25) is 0 Å². The molecule has 140 valence electrons. The maximum Gasteiger partial charge on any atom is 0.191 e. The zero-order valence-corrected chi connectivity index (χ0v) is 16.4. The second-order valence-electron chi connectivity index (χ2n) is 7.22. The van der Waals surface area contributed by atoms with Crippen LogP contribution in [0.25, 0.3) is 0 Å². The van der Waals surface area contributed by atoms with Gasteiger partial charge in [0.1, 0.15) is 0 Å². The van der Waals surface area contributed by atoms with Gasteiger partial charge >= 0.3 is 0 Å². The molecule has 25 heavy (non-hydrogen) atoms. The predicted molar refractivity (Wildman–Crippen MR) is 105 cm³/mol. The number of aliphatic imine (C=N–C) groups is 1. The molecule has 5 nitrogen and oxygen atoms in total. The van der Waals surface area contributed by atoms with Crippen LogP contribution in [0.5, 0.6) is 0 Å². The van der Waals surface area contributed by atoms with Crippen molar-refractivity contribution in [1.82, 2.24) is 15.5 Å². The summed E-state index contributed by atoms with van der Waals surface area (Å²) in [7, 11) is 1.72. The Balaban J connectivity index is 1.96. The van der Waals surface area contributed by atoms with Crippen LogP contribution >= 0.6 is 0 Å². The molecule has 2 N–H and O–H groups in total. The summed E-state index contributed by atoms with van der Waals surface area (Å²) in [6, 6.07) is 9.51. The summed E-state index contributed by atoms with van der Waals surface area (Å²) in [5.74, 6) is 1.53. The summed E-state index contributed by atoms with van der Waals surface area (Å²) in [5.41, 5.74) is 2.40. The van der Waals surface area contributed by atoms with Crippen LogP contribution in [-0.4, -0.2) is 49.7 Å². The van der Waals surface area contributed by atoms with E-state index in [9.17, 15) is 0 Å². The van der Waals surface area contributed by atoms with E-state index in [2.05, 4.69) is 67.5 Å². The number of methoxy groups -OCH3 is 1. The van der Waals surface area contributed by atoms with Crippen molar-refractivity contribution in [1.29, 1.82) is 0 Å². The molecule has 5 heteroatoms. The van der Waals surface area contributed by atoms with E-state index in [0.29, 0.717) is 31.2 Å². The van der Waals surface area contributed by atoms with E-state index in [1.807, 2.05) is 0 Å². The first kappa shape index (κ1) is 19.7. The Bertz CT molecular complexity index is 541. The number of hydrogen-bond donors (Lipinski definition) is 2. The molecule has 2 unspecified atom stereocenters. The summed E-state index contributed by atoms with van der Waals surface area (Å²) in [5, 5.41) is 7.01. The van der Waals surface area contributed by atoms with E-state index in [1.54, 1.807) is 7.11 Å². The van der Waals surface area contributed by atoms with Crippen molar-refractivity contribution in [3.63, 3.8) is 0 Å². The largest absolute Gasteiger partial charge is 0.380 e. The van der Waals surface area contributed by atoms with Gasteiger partial charge in [0.15, 0.2) is 5.96 Å². The van der Waals surface area contributed by atoms with Gasteiger partial charge in [0.05, 0.1) is 13.2 Å². The highest BCUT2D eigenvalue weighted by atomic mass is 16.5. The Labute approximate surface area is 152 Å². The Morgan fingerprint density at radius 1 is 1.24 bits per heavy atom. The van der Waals surface area contributed by atoms with Crippen molar-refractivity contribution in [3.05, 3.63) is 35.4 Å². The van der Waals surface area contributed by atoms with E-state index in [0.717, 1.165) is 25.6 Å². The van der Waals surface area contributed by atoms with Crippen molar-refractivity contribution in [2.45, 2.75) is 52.9 Å². The van der Waals surface area contributed by atoms with Crippen LogP contribution in [0.15, 0.2) is 29.3 Å². The van der Waals surface area contributed by atoms with Crippen LogP contribution in [0.1, 0.15) is 38.8 Å². The monoisotopic (exact) mass is 346 g/mol. The van der Waals surface area contributed by atoms with E-state index in [-0.39, 0.29) is 0 Å². The van der Waals surface area contributed by atoms with Gasteiger partial charge < -0.3 is 15.4 Å². The number of benzene rings is 1. The number of guanidine groups is 1. The molecule has 0 saturated carbocycles. The first-order valence-electron chi connectivity index (χ1n) is 9.39. The van der Waals surface area contributed by atoms with Gasteiger partial charge in [-0.3, -0.25) is 4.90 Å². The number of nitrogens with zero attached hydrogens (tertiary/aromatic N) is 2. The predicted octanol–water partition coefficient (Wildman–Crippen LogP) is 2.62. The molecule has 0 spiro atoms. The quantitative estimate of drug-likeness (QED) is 0.589. The van der Waals surface area contributed by atoms with Crippen molar-refractivity contribution in [2.24, 2.45) is 10.9 Å². The number of rotatable bonds is 7. The van der Waals surface area contributed by atoms with Gasteiger partial charge in [0.2, 0.25) is 0 Å². The first-order chi connectivity index (χ1) is 12.0. The summed E-state index contributed by atoms with van der Waals surface area (Å²) < 4.78 is 5.16. The molecular weight excluding hydrogens is 312 g/mol. The average molecular weight is 347 g/mol. The number of hydrogen-bond acceptors (Lipinski definition) is 3. The van der Waals surface area contributed by atoms with Gasteiger partial charge in [-0.05, 0) is 37.8 Å². The van der Waals surface area contributed by atoms with Crippen LogP contribution in [0.4, 0.5) is 0 Å². The summed E-state index contributed by atoms with van der Waals surface area (Å²) >= 11 is 0. The third-order valence-electron chi connectivity index (χ3n) is 4.79. The molecule has 0 aromatic heterocycles. The molecule has 1 aromatic carbocycles. The molecule has 0 amide bonds. The standard InChI is InChI=1S/C20H34N4O/c1-6-21-20(23-19-13-24(15(2)3)12-16(19)4)22-11-17-7-9-18(10-8-17)14-25-5/h7-10,15-16,19H,6,11-14H2,1-5H3,(H2,21,22,23). The SMILES string of the molecule is CCNC(=NCc1ccc(COC)cc1)NC1CN(C(C)C)CC1C. The highest BCUT2D eigenvalue weighted by Gasteiger charge is 2.31. The maximum atomic E-state index is 5.16. The van der Waals surface area contributed by atoms with Crippen LogP contribution in [0.3, 0.4) is 0 Å². The van der Waals surface area contributed by atoms with Crippen molar-refractivity contribution in [2.75, 3.05) is 26.7 Å². The molecule has 0 radical (unpaired) electrons. The third kappa shape index (κ3) is 6.01. The fraction of sp³-hybridized carbons (Fsp3) is 0.650. The summed E-state index contributed by atoms with van der Waals surface area (Å²) in [6.45, 7) is 13.4. The van der Waals surface area contributed by atoms with E-state index < -0.39 is 0 Å². The molecule has 2 rings (SSSR count). The lowest BCUT2D eigenvalue weighted by Crippen LogP contribution is -2.46. The van der Waals surface area contributed by atoms with Gasteiger partial charge in [-0.2, -0.15) is 0 Å². The van der Waals surface area contributed by atoms with Gasteiger partial charge in [-0.1, -0.05) is 31.2 Å². The Hall–Kier alpha value is -1.59. The molecule has 1 saturated heterocycles. The molecule has 0 bridgehead atoms. The van der Waals surface area contributed by atoms with E-state index in [4.69, 9.17) is 9.73 Å². The lowest BCUT2D eigenvalue weighted by Gasteiger charge is -2.22. The van der Waals surface area contributed by atoms with Crippen LogP contribution in [-0.2, 0) is 17.9 Å². The second kappa shape index (κ2) is 9.78. The fourth-order valence-corrected chi connectivity index (χ4v) is 3.19. The van der Waals surface area contributed by atoms with Crippen molar-refractivity contribution in [3.8, 4) is 0 Å². The van der Waals surface area contributed by atoms with Gasteiger partial charge in [0.25, 0.3) is 0 Å². The third-order valence-corrected chi connectivity index (χ3v) is 4.79. The number of likely N-dealkylation sites (tertiary alicyclic amines) is 1. The van der Waals surface area contributed by atoms with Gasteiger partial charge in [-0.15, -0.1) is 0 Å². The lowest BCUT2D eigenvalue weighted by atomic mass is 10.1. The Morgan fingerprint density at radius 3 is 2.48 bits per heavy atom. The smallest absolute Gasteiger partial charge is 0.191 e. The minimum absolute atomic E-state index is 0.448. The molecule has 0 aliphatic carbocycles. The van der Waals surface area contributed by atoms with E-state index >= 15 is 0 Å². The topological polar surface area (TPSA) is 48.9 Å². The highest BCUT2D eigenvalue weighted by Crippen LogP contribution is 2.18. The average Bonchev–Trinajstić information content (AvgIpc) is 2.95. The molecule has 1 aromatic rings. The fourth-order valence-electron chi connectivity index (χ4n) is 3.19. The normalized spacial score (nSPS) is 21.8. The van der Waals surface area contributed by atoms with Crippen molar-refractivity contribution < 1.29 is 4.74 Å². The number of ether oxygens (including phenoxy) is 1. The molecule has 1 aliphatic rings. The Morgan fingerprint density at radius 2 is 1.92 bits per heavy atom. The molecule has 1 fully saturated rings. The Kier molecular flexibility index (Phi) is 7.72. The maximum absolute atomic E-state index is 5.16. The first-order valence-corrected chi connectivity index (χ1v) is 9.39. The highest BCUT2D eigenvalue weighted by molar-refractivity contribution is 5.80. The van der Waals surface area contributed by atoms with E-state index in [1.165, 1.54) is 11.1 Å². The molecule has 1 heterocycles. The van der Waals surface area contributed by atoms with Crippen LogP contribution in [0, 0.1) is 5.92 Å². The molecule has 1 aliphatic heterocycles. The second-order valence-corrected chi connectivity index (χ2v) is 7.22. The molecular formula is C20H34N4O. The minimum Gasteiger partial charge on any atom is -0.380 e. The van der Waals surface area contributed by atoms with Crippen LogP contribution < -0.4 is 10.6 Å². The number of nitrogens with one attached hydrogen (secondary N) is 2. The minimum atomic E-state index is 0.448. The van der Waals surface area contributed by atoms with Gasteiger partial charge in [-0.25, -0.2) is 4.99 Å². The zero-order chi connectivity index (χ0) is 18.2. The van der Waals surface area contributed by atoms with Gasteiger partial charge in [0, 0.05) is 38.8 Å².